The molecule has 0 spiro atoms. The number of nitrogens with zero attached hydrogens (tertiary/aromatic N) is 4. The highest BCUT2D eigenvalue weighted by Gasteiger charge is 2.37. The number of aromatic nitrogens is 3. The van der Waals surface area contributed by atoms with Crippen LogP contribution in [0.3, 0.4) is 0 Å². The van der Waals surface area contributed by atoms with E-state index in [1.54, 1.807) is 18.2 Å². The maximum absolute atomic E-state index is 12.8. The number of carbonyl (C=O) groups is 2. The van der Waals surface area contributed by atoms with Gasteiger partial charge in [-0.15, -0.1) is 0 Å². The molecule has 1 aliphatic carbocycles. The molecule has 2 aromatic rings. The van der Waals surface area contributed by atoms with Crippen LogP contribution < -0.4 is 5.32 Å². The van der Waals surface area contributed by atoms with Crippen molar-refractivity contribution in [2.75, 3.05) is 16.8 Å². The van der Waals surface area contributed by atoms with Gasteiger partial charge < -0.3 is 5.32 Å². The largest absolute Gasteiger partial charge is 0.321 e. The van der Waals surface area contributed by atoms with Crippen molar-refractivity contribution in [3.63, 3.8) is 0 Å². The first-order valence-electron chi connectivity index (χ1n) is 10.3. The minimum atomic E-state index is -3.16. The average molecular weight is 443 g/mol. The Kier molecular flexibility index (Phi) is 4.84. The van der Waals surface area contributed by atoms with Crippen LogP contribution in [-0.2, 0) is 19.4 Å². The maximum atomic E-state index is 12.8. The van der Waals surface area contributed by atoms with Crippen LogP contribution in [0.15, 0.2) is 29.4 Å². The van der Waals surface area contributed by atoms with Gasteiger partial charge in [0.05, 0.1) is 17.5 Å². The fraction of sp³-hybridized carbons (Fsp3) is 0.450. The molecule has 2 N–H and O–H groups in total. The molecule has 1 unspecified atom stereocenters. The summed E-state index contributed by atoms with van der Waals surface area (Å²) < 4.78 is 23.5. The topological polar surface area (TPSA) is 137 Å². The Balaban J connectivity index is 1.31. The van der Waals surface area contributed by atoms with Crippen LogP contribution in [0.4, 0.5) is 5.69 Å². The number of hydrogen-bond acceptors (Lipinski definition) is 7. The number of nitrogens with one attached hydrogen (secondary N) is 2. The molecule has 1 aromatic carbocycles. The second kappa shape index (κ2) is 7.56. The average Bonchev–Trinajstić information content (AvgIpc) is 3.36. The van der Waals surface area contributed by atoms with E-state index in [1.165, 1.54) is 5.01 Å². The zero-order valence-electron chi connectivity index (χ0n) is 16.7. The predicted octanol–water partition coefficient (Wildman–Crippen LogP) is 1.45. The number of sulfone groups is 1. The summed E-state index contributed by atoms with van der Waals surface area (Å²) in [5.41, 5.74) is 1.55. The third-order valence-electron chi connectivity index (χ3n) is 5.72. The highest BCUT2D eigenvalue weighted by Crippen LogP contribution is 2.38. The van der Waals surface area contributed by atoms with Crippen molar-refractivity contribution in [2.24, 2.45) is 5.10 Å². The minimum absolute atomic E-state index is 0.0367. The molecular weight excluding hydrogens is 420 g/mol. The molecule has 1 atom stereocenters. The number of hydrazone groups is 1. The van der Waals surface area contributed by atoms with Gasteiger partial charge in [0.25, 0.3) is 5.91 Å². The second-order valence-corrected chi connectivity index (χ2v) is 10.4. The Morgan fingerprint density at radius 3 is 2.77 bits per heavy atom. The van der Waals surface area contributed by atoms with E-state index in [0.29, 0.717) is 23.9 Å². The van der Waals surface area contributed by atoms with Crippen LogP contribution in [0, 0.1) is 0 Å². The monoisotopic (exact) mass is 442 g/mol. The Bertz CT molecular complexity index is 1180. The fourth-order valence-corrected chi connectivity index (χ4v) is 5.56. The van der Waals surface area contributed by atoms with Crippen LogP contribution in [0.25, 0.3) is 11.4 Å². The lowest BCUT2D eigenvalue weighted by molar-refractivity contribution is -0.133. The molecule has 2 aliphatic heterocycles. The van der Waals surface area contributed by atoms with Crippen LogP contribution in [-0.4, -0.2) is 63.7 Å². The van der Waals surface area contributed by atoms with Crippen molar-refractivity contribution in [2.45, 2.75) is 44.1 Å². The summed E-state index contributed by atoms with van der Waals surface area (Å²) in [7, 11) is -3.16. The van der Waals surface area contributed by atoms with Crippen molar-refractivity contribution in [1.29, 1.82) is 0 Å². The summed E-state index contributed by atoms with van der Waals surface area (Å²) in [5.74, 6) is 1.19. The van der Waals surface area contributed by atoms with E-state index in [2.05, 4.69) is 25.6 Å². The molecule has 1 saturated heterocycles. The molecule has 3 heterocycles. The van der Waals surface area contributed by atoms with Gasteiger partial charge in [-0.3, -0.25) is 14.7 Å². The first-order chi connectivity index (χ1) is 14.9. The van der Waals surface area contributed by atoms with Gasteiger partial charge in [-0.2, -0.15) is 10.2 Å². The van der Waals surface area contributed by atoms with E-state index in [0.717, 1.165) is 24.2 Å². The van der Waals surface area contributed by atoms with E-state index < -0.39 is 21.8 Å². The zero-order chi connectivity index (χ0) is 21.6. The maximum Gasteiger partial charge on any atom is 0.271 e. The fourth-order valence-electron chi connectivity index (χ4n) is 3.87. The quantitative estimate of drug-likeness (QED) is 0.719. The van der Waals surface area contributed by atoms with Gasteiger partial charge in [-0.25, -0.2) is 18.4 Å². The molecule has 1 aromatic heterocycles. The highest BCUT2D eigenvalue weighted by molar-refractivity contribution is 7.91. The number of rotatable bonds is 5. The van der Waals surface area contributed by atoms with E-state index in [4.69, 9.17) is 0 Å². The third kappa shape index (κ3) is 4.22. The van der Waals surface area contributed by atoms with Crippen LogP contribution in [0.2, 0.25) is 0 Å². The number of benzene rings is 1. The van der Waals surface area contributed by atoms with Crippen molar-refractivity contribution < 1.29 is 18.0 Å². The Morgan fingerprint density at radius 2 is 2.03 bits per heavy atom. The molecule has 3 aliphatic rings. The number of hydrogen-bond donors (Lipinski definition) is 2. The van der Waals surface area contributed by atoms with Crippen molar-refractivity contribution in [3.05, 3.63) is 30.1 Å². The van der Waals surface area contributed by atoms with Crippen LogP contribution in [0.5, 0.6) is 0 Å². The van der Waals surface area contributed by atoms with Gasteiger partial charge in [-0.1, -0.05) is 12.1 Å². The summed E-state index contributed by atoms with van der Waals surface area (Å²) in [5, 5.41) is 15.5. The summed E-state index contributed by atoms with van der Waals surface area (Å²) in [4.78, 5) is 29.6. The van der Waals surface area contributed by atoms with Crippen molar-refractivity contribution >= 4 is 33.1 Å². The first-order valence-corrected chi connectivity index (χ1v) is 12.1. The molecule has 1 saturated carbocycles. The molecule has 2 fully saturated rings. The molecule has 2 amide bonds. The van der Waals surface area contributed by atoms with Gasteiger partial charge in [-0.05, 0) is 31.4 Å². The summed E-state index contributed by atoms with van der Waals surface area (Å²) in [6, 6.07) is 6.71. The molecule has 31 heavy (non-hydrogen) atoms. The lowest BCUT2D eigenvalue weighted by atomic mass is 10.1. The summed E-state index contributed by atoms with van der Waals surface area (Å²) >= 11 is 0. The first kappa shape index (κ1) is 19.9. The lowest BCUT2D eigenvalue weighted by Gasteiger charge is -2.27. The SMILES string of the molecule is O=C(Nc1cccc(-c2n[nH]c(C3CC3)n2)c1)C1=NN(C2CCS(=O)(=O)C2)C(=O)CC1. The smallest absolute Gasteiger partial charge is 0.271 e. The van der Waals surface area contributed by atoms with Crippen molar-refractivity contribution in [3.8, 4) is 11.4 Å². The number of carbonyl (C=O) groups excluding carboxylic acids is 2. The standard InChI is InChI=1S/C20H22N6O4S/c27-17-7-6-16(25-26(17)15-8-9-31(29,30)11-15)20(28)21-14-3-1-2-13(10-14)19-22-18(23-24-19)12-4-5-12/h1-3,10,12,15H,4-9,11H2,(H,21,28)(H,22,23,24). The highest BCUT2D eigenvalue weighted by atomic mass is 32.2. The number of aromatic amines is 1. The molecule has 5 rings (SSSR count). The number of H-pyrrole nitrogens is 1. The second-order valence-electron chi connectivity index (χ2n) is 8.20. The zero-order valence-corrected chi connectivity index (χ0v) is 17.6. The number of amides is 2. The van der Waals surface area contributed by atoms with E-state index in [1.807, 2.05) is 6.07 Å². The van der Waals surface area contributed by atoms with Gasteiger partial charge in [0.15, 0.2) is 15.7 Å². The van der Waals surface area contributed by atoms with E-state index in [9.17, 15) is 18.0 Å². The minimum Gasteiger partial charge on any atom is -0.321 e. The Labute approximate surface area is 179 Å². The molecule has 0 radical (unpaired) electrons. The normalized spacial score (nSPS) is 23.0. The molecule has 162 valence electrons. The molecule has 10 nitrogen and oxygen atoms in total. The van der Waals surface area contributed by atoms with Crippen LogP contribution >= 0.6 is 0 Å². The third-order valence-corrected chi connectivity index (χ3v) is 7.47. The van der Waals surface area contributed by atoms with Crippen molar-refractivity contribution in [1.82, 2.24) is 20.2 Å². The Morgan fingerprint density at radius 1 is 1.19 bits per heavy atom. The van der Waals surface area contributed by atoms with Gasteiger partial charge >= 0.3 is 0 Å². The summed E-state index contributed by atoms with van der Waals surface area (Å²) in [6.07, 6.45) is 2.93. The lowest BCUT2D eigenvalue weighted by Crippen LogP contribution is -2.42. The molecular formula is C20H22N6O4S. The van der Waals surface area contributed by atoms with Gasteiger partial charge in [0, 0.05) is 30.0 Å². The van der Waals surface area contributed by atoms with E-state index in [-0.39, 0.29) is 36.0 Å². The summed E-state index contributed by atoms with van der Waals surface area (Å²) in [6.45, 7) is 0. The molecule has 0 bridgehead atoms. The number of anilines is 1. The van der Waals surface area contributed by atoms with Crippen LogP contribution in [0.1, 0.15) is 43.8 Å². The molecule has 11 heteroatoms. The predicted molar refractivity (Wildman–Crippen MR) is 113 cm³/mol. The van der Waals surface area contributed by atoms with Gasteiger partial charge in [0.2, 0.25) is 5.91 Å². The van der Waals surface area contributed by atoms with Gasteiger partial charge in [0.1, 0.15) is 11.5 Å². The Hall–Kier alpha value is -3.08. The van der Waals surface area contributed by atoms with E-state index >= 15 is 0 Å².